The molecule has 0 saturated heterocycles. The quantitative estimate of drug-likeness (QED) is 0.221. The van der Waals surface area contributed by atoms with Crippen molar-refractivity contribution in [2.45, 2.75) is 25.7 Å². The number of non-ortho nitro benzene ring substituents is 1. The average molecular weight is 463 g/mol. The fourth-order valence-corrected chi connectivity index (χ4v) is 4.90. The lowest BCUT2D eigenvalue weighted by molar-refractivity contribution is -0.384. The second-order valence-electron chi connectivity index (χ2n) is 7.71. The number of amides is 1. The molecule has 0 bridgehead atoms. The summed E-state index contributed by atoms with van der Waals surface area (Å²) in [5.41, 5.74) is 5.06. The fourth-order valence-electron chi connectivity index (χ4n) is 3.94. The molecule has 0 unspecified atom stereocenters. The lowest BCUT2D eigenvalue weighted by atomic mass is 9.89. The van der Waals surface area contributed by atoms with Gasteiger partial charge in [-0.2, -0.15) is 0 Å². The van der Waals surface area contributed by atoms with Crippen LogP contribution in [0.5, 0.6) is 0 Å². The minimum absolute atomic E-state index is 0.0570. The van der Waals surface area contributed by atoms with E-state index < -0.39 is 16.8 Å². The van der Waals surface area contributed by atoms with Gasteiger partial charge < -0.3 is 10.1 Å². The molecule has 2 aromatic carbocycles. The number of aryl methyl sites for hydroxylation is 2. The number of methoxy groups -OCH3 is 1. The summed E-state index contributed by atoms with van der Waals surface area (Å²) in [7, 11) is 1.31. The van der Waals surface area contributed by atoms with Gasteiger partial charge in [0.1, 0.15) is 10.6 Å². The van der Waals surface area contributed by atoms with E-state index in [1.807, 2.05) is 11.4 Å². The van der Waals surface area contributed by atoms with Gasteiger partial charge in [0.2, 0.25) is 5.91 Å². The molecule has 1 aliphatic carbocycles. The zero-order chi connectivity index (χ0) is 23.4. The first-order chi connectivity index (χ1) is 16.0. The minimum Gasteiger partial charge on any atom is -0.465 e. The van der Waals surface area contributed by atoms with E-state index in [0.717, 1.165) is 30.4 Å². The van der Waals surface area contributed by atoms with Crippen molar-refractivity contribution in [3.05, 3.63) is 86.3 Å². The molecule has 0 atom stereocenters. The first-order valence-electron chi connectivity index (χ1n) is 10.5. The van der Waals surface area contributed by atoms with Gasteiger partial charge in [0.25, 0.3) is 5.69 Å². The Morgan fingerprint density at radius 3 is 2.67 bits per heavy atom. The lowest BCUT2D eigenvalue weighted by Gasteiger charge is -2.16. The summed E-state index contributed by atoms with van der Waals surface area (Å²) in [6.07, 6.45) is 7.20. The summed E-state index contributed by atoms with van der Waals surface area (Å²) in [4.78, 5) is 35.5. The highest BCUT2D eigenvalue weighted by Gasteiger charge is 2.23. The Labute approximate surface area is 194 Å². The first kappa shape index (κ1) is 22.4. The van der Waals surface area contributed by atoms with Crippen molar-refractivity contribution in [3.8, 4) is 11.1 Å². The molecular weight excluding hydrogens is 440 g/mol. The molecule has 168 valence electrons. The number of nitro groups is 1. The second kappa shape index (κ2) is 9.79. The number of carbonyl (C=O) groups excluding carboxylic acids is 2. The normalized spacial score (nSPS) is 12.9. The van der Waals surface area contributed by atoms with Gasteiger partial charge >= 0.3 is 5.97 Å². The van der Waals surface area contributed by atoms with Crippen LogP contribution < -0.4 is 5.32 Å². The van der Waals surface area contributed by atoms with E-state index >= 15 is 0 Å². The van der Waals surface area contributed by atoms with Crippen molar-refractivity contribution < 1.29 is 19.2 Å². The number of benzene rings is 2. The number of thiophene rings is 1. The Morgan fingerprint density at radius 2 is 1.91 bits per heavy atom. The third-order valence-electron chi connectivity index (χ3n) is 5.58. The molecule has 33 heavy (non-hydrogen) atoms. The number of ether oxygens (including phenoxy) is 1. The van der Waals surface area contributed by atoms with Crippen LogP contribution >= 0.6 is 11.3 Å². The van der Waals surface area contributed by atoms with Crippen LogP contribution in [0.25, 0.3) is 17.2 Å². The van der Waals surface area contributed by atoms with Crippen LogP contribution in [0.15, 0.2) is 53.9 Å². The van der Waals surface area contributed by atoms with Crippen LogP contribution in [0, 0.1) is 10.1 Å². The van der Waals surface area contributed by atoms with Crippen LogP contribution in [-0.2, 0) is 22.4 Å². The number of esters is 1. The summed E-state index contributed by atoms with van der Waals surface area (Å²) >= 11 is 1.25. The van der Waals surface area contributed by atoms with E-state index in [-0.39, 0.29) is 5.69 Å². The molecule has 1 heterocycles. The van der Waals surface area contributed by atoms with Crippen molar-refractivity contribution in [2.24, 2.45) is 0 Å². The van der Waals surface area contributed by atoms with Crippen LogP contribution in [0.2, 0.25) is 0 Å². The number of fused-ring (bicyclic) bond motifs is 1. The molecule has 3 aromatic rings. The van der Waals surface area contributed by atoms with Gasteiger partial charge in [-0.05, 0) is 54.0 Å². The standard InChI is InChI=1S/C25H22N2O5S/c1-32-25(29)23-21(19-11-10-17-6-2-3-7-18(17)14-19)15-33-24(23)26-22(28)12-9-16-5-4-8-20(13-16)27(30)31/h4-5,8-15H,2-3,6-7H2,1H3,(H,26,28)/b12-9+. The Hall–Kier alpha value is -3.78. The number of hydrogen-bond acceptors (Lipinski definition) is 6. The summed E-state index contributed by atoms with van der Waals surface area (Å²) in [5, 5.41) is 15.9. The topological polar surface area (TPSA) is 98.5 Å². The van der Waals surface area contributed by atoms with Gasteiger partial charge in [-0.15, -0.1) is 11.3 Å². The maximum Gasteiger partial charge on any atom is 0.341 e. The molecule has 0 radical (unpaired) electrons. The molecule has 0 saturated carbocycles. The van der Waals surface area contributed by atoms with Crippen molar-refractivity contribution in [2.75, 3.05) is 12.4 Å². The van der Waals surface area contributed by atoms with Crippen molar-refractivity contribution >= 4 is 40.0 Å². The van der Waals surface area contributed by atoms with Crippen LogP contribution in [0.1, 0.15) is 39.9 Å². The smallest absolute Gasteiger partial charge is 0.341 e. The molecule has 1 aliphatic rings. The van der Waals surface area contributed by atoms with Gasteiger partial charge in [-0.3, -0.25) is 14.9 Å². The molecule has 0 spiro atoms. The summed E-state index contributed by atoms with van der Waals surface area (Å²) < 4.78 is 4.99. The zero-order valence-corrected chi connectivity index (χ0v) is 18.8. The highest BCUT2D eigenvalue weighted by molar-refractivity contribution is 7.15. The molecule has 0 fully saturated rings. The predicted molar refractivity (Wildman–Crippen MR) is 128 cm³/mol. The van der Waals surface area contributed by atoms with Crippen LogP contribution in [0.3, 0.4) is 0 Å². The number of nitrogens with zero attached hydrogens (tertiary/aromatic N) is 1. The predicted octanol–water partition coefficient (Wildman–Crippen LogP) is 5.64. The third-order valence-corrected chi connectivity index (χ3v) is 6.48. The van der Waals surface area contributed by atoms with E-state index in [1.165, 1.54) is 60.3 Å². The molecule has 0 aliphatic heterocycles. The number of rotatable bonds is 6. The zero-order valence-electron chi connectivity index (χ0n) is 18.0. The third kappa shape index (κ3) is 5.01. The molecule has 1 N–H and O–H groups in total. The second-order valence-corrected chi connectivity index (χ2v) is 8.59. The summed E-state index contributed by atoms with van der Waals surface area (Å²) in [6.45, 7) is 0. The lowest BCUT2D eigenvalue weighted by Crippen LogP contribution is -2.11. The molecule has 1 amide bonds. The highest BCUT2D eigenvalue weighted by Crippen LogP contribution is 2.37. The number of carbonyl (C=O) groups is 2. The number of nitro benzene ring substituents is 1. The van der Waals surface area contributed by atoms with Crippen molar-refractivity contribution in [1.29, 1.82) is 0 Å². The van der Waals surface area contributed by atoms with Gasteiger partial charge in [-0.25, -0.2) is 4.79 Å². The van der Waals surface area contributed by atoms with Crippen molar-refractivity contribution in [1.82, 2.24) is 0 Å². The maximum absolute atomic E-state index is 12.6. The molecule has 4 rings (SSSR count). The van der Waals surface area contributed by atoms with E-state index in [0.29, 0.717) is 16.1 Å². The fraction of sp³-hybridized carbons (Fsp3) is 0.200. The van der Waals surface area contributed by atoms with E-state index in [9.17, 15) is 19.7 Å². The van der Waals surface area contributed by atoms with Gasteiger partial charge in [0.05, 0.1) is 12.0 Å². The van der Waals surface area contributed by atoms with E-state index in [2.05, 4.69) is 17.4 Å². The Balaban J connectivity index is 1.59. The molecule has 7 nitrogen and oxygen atoms in total. The van der Waals surface area contributed by atoms with Gasteiger partial charge in [-0.1, -0.05) is 30.3 Å². The SMILES string of the molecule is COC(=O)c1c(-c2ccc3c(c2)CCCC3)csc1NC(=O)/C=C/c1cccc([N+](=O)[O-])c1. The van der Waals surface area contributed by atoms with Crippen LogP contribution in [-0.4, -0.2) is 23.9 Å². The Kier molecular flexibility index (Phi) is 6.65. The number of hydrogen-bond donors (Lipinski definition) is 1. The summed E-state index contributed by atoms with van der Waals surface area (Å²) in [5.74, 6) is -0.979. The van der Waals surface area contributed by atoms with E-state index in [1.54, 1.807) is 12.1 Å². The minimum atomic E-state index is -0.526. The Bertz CT molecular complexity index is 1260. The van der Waals surface area contributed by atoms with Gasteiger partial charge in [0.15, 0.2) is 0 Å². The van der Waals surface area contributed by atoms with Gasteiger partial charge in [0, 0.05) is 29.2 Å². The average Bonchev–Trinajstić information content (AvgIpc) is 3.25. The number of anilines is 1. The first-order valence-corrected chi connectivity index (χ1v) is 11.4. The molecular formula is C25H22N2O5S. The monoisotopic (exact) mass is 462 g/mol. The largest absolute Gasteiger partial charge is 0.465 e. The maximum atomic E-state index is 12.6. The molecule has 8 heteroatoms. The molecule has 1 aromatic heterocycles. The van der Waals surface area contributed by atoms with E-state index in [4.69, 9.17) is 4.74 Å². The summed E-state index contributed by atoms with van der Waals surface area (Å²) in [6, 6.07) is 12.2. The Morgan fingerprint density at radius 1 is 1.12 bits per heavy atom. The highest BCUT2D eigenvalue weighted by atomic mass is 32.1. The number of nitrogens with one attached hydrogen (secondary N) is 1. The van der Waals surface area contributed by atoms with Crippen LogP contribution in [0.4, 0.5) is 10.7 Å². The van der Waals surface area contributed by atoms with Crippen molar-refractivity contribution in [3.63, 3.8) is 0 Å².